The highest BCUT2D eigenvalue weighted by atomic mass is 35.5. The molecule has 0 fully saturated rings. The number of para-hydroxylation sites is 1. The molecule has 0 unspecified atom stereocenters. The molecule has 0 amide bonds. The quantitative estimate of drug-likeness (QED) is 0.847. The second-order valence-electron chi connectivity index (χ2n) is 4.27. The zero-order chi connectivity index (χ0) is 12.5. The van der Waals surface area contributed by atoms with Crippen LogP contribution in [0, 0.1) is 5.82 Å². The molecule has 0 radical (unpaired) electrons. The van der Waals surface area contributed by atoms with E-state index in [1.807, 2.05) is 11.0 Å². The van der Waals surface area contributed by atoms with Gasteiger partial charge in [0.1, 0.15) is 15.8 Å². The summed E-state index contributed by atoms with van der Waals surface area (Å²) in [6.45, 7) is 1.34. The van der Waals surface area contributed by atoms with Gasteiger partial charge in [-0.1, -0.05) is 28.2 Å². The first-order valence-corrected chi connectivity index (χ1v) is 6.90. The molecule has 3 rings (SSSR count). The summed E-state index contributed by atoms with van der Waals surface area (Å²) in [5, 5.41) is 3.98. The summed E-state index contributed by atoms with van der Waals surface area (Å²) in [7, 11) is 0. The normalized spacial score (nSPS) is 14.7. The largest absolute Gasteiger partial charge is 0.363 e. The van der Waals surface area contributed by atoms with E-state index in [-0.39, 0.29) is 5.82 Å². The molecule has 1 aliphatic heterocycles. The average Bonchev–Trinajstić information content (AvgIpc) is 2.76. The molecule has 1 aromatic heterocycles. The molecule has 0 saturated carbocycles. The van der Waals surface area contributed by atoms with Gasteiger partial charge < -0.3 is 4.90 Å². The fourth-order valence-electron chi connectivity index (χ4n) is 2.32. The summed E-state index contributed by atoms with van der Waals surface area (Å²) in [5.41, 5.74) is 2.46. The first kappa shape index (κ1) is 11.9. The van der Waals surface area contributed by atoms with E-state index >= 15 is 0 Å². The highest BCUT2D eigenvalue weighted by molar-refractivity contribution is 7.10. The lowest BCUT2D eigenvalue weighted by Gasteiger charge is -2.30. The third-order valence-corrected chi connectivity index (χ3v) is 4.10. The van der Waals surface area contributed by atoms with Crippen molar-refractivity contribution in [1.82, 2.24) is 9.59 Å². The van der Waals surface area contributed by atoms with Crippen LogP contribution in [0.25, 0.3) is 0 Å². The van der Waals surface area contributed by atoms with Crippen molar-refractivity contribution in [2.24, 2.45) is 0 Å². The summed E-state index contributed by atoms with van der Waals surface area (Å²) >= 11 is 7.16. The number of aromatic nitrogens is 2. The SMILES string of the molecule is Fc1cccc2c1N(Cc1nnsc1Cl)CCC2. The lowest BCUT2D eigenvalue weighted by molar-refractivity contribution is 0.593. The van der Waals surface area contributed by atoms with Crippen molar-refractivity contribution < 1.29 is 4.39 Å². The number of aryl methyl sites for hydroxylation is 1. The minimum absolute atomic E-state index is 0.175. The first-order chi connectivity index (χ1) is 8.75. The lowest BCUT2D eigenvalue weighted by atomic mass is 10.0. The van der Waals surface area contributed by atoms with Crippen LogP contribution in [0.4, 0.5) is 10.1 Å². The summed E-state index contributed by atoms with van der Waals surface area (Å²) < 4.78 is 18.3. The van der Waals surface area contributed by atoms with Crippen LogP contribution in [-0.2, 0) is 13.0 Å². The van der Waals surface area contributed by atoms with Crippen LogP contribution in [-0.4, -0.2) is 16.1 Å². The predicted molar refractivity (Wildman–Crippen MR) is 70.7 cm³/mol. The van der Waals surface area contributed by atoms with Gasteiger partial charge in [-0.25, -0.2) is 4.39 Å². The van der Waals surface area contributed by atoms with Gasteiger partial charge in [-0.2, -0.15) is 0 Å². The molecule has 0 aliphatic carbocycles. The van der Waals surface area contributed by atoms with Gasteiger partial charge in [0, 0.05) is 18.1 Å². The Hall–Kier alpha value is -1.20. The molecule has 0 spiro atoms. The van der Waals surface area contributed by atoms with Gasteiger partial charge >= 0.3 is 0 Å². The van der Waals surface area contributed by atoms with Crippen LogP contribution in [0.3, 0.4) is 0 Å². The van der Waals surface area contributed by atoms with Gasteiger partial charge in [0.15, 0.2) is 0 Å². The Balaban J connectivity index is 1.94. The maximum Gasteiger partial charge on any atom is 0.146 e. The number of fused-ring (bicyclic) bond motifs is 1. The van der Waals surface area contributed by atoms with Crippen LogP contribution in [0.5, 0.6) is 0 Å². The lowest BCUT2D eigenvalue weighted by Crippen LogP contribution is -2.30. The van der Waals surface area contributed by atoms with Gasteiger partial charge in [-0.05, 0) is 24.5 Å². The maximum atomic E-state index is 13.9. The molecule has 0 N–H and O–H groups in total. The van der Waals surface area contributed by atoms with E-state index in [1.54, 1.807) is 6.07 Å². The van der Waals surface area contributed by atoms with Crippen molar-refractivity contribution >= 4 is 28.8 Å². The zero-order valence-corrected chi connectivity index (χ0v) is 11.1. The van der Waals surface area contributed by atoms with Gasteiger partial charge in [0.25, 0.3) is 0 Å². The third-order valence-electron chi connectivity index (χ3n) is 3.11. The van der Waals surface area contributed by atoms with Crippen LogP contribution in [0.1, 0.15) is 17.7 Å². The topological polar surface area (TPSA) is 29.0 Å². The molecule has 6 heteroatoms. The molecule has 2 heterocycles. The van der Waals surface area contributed by atoms with Crippen LogP contribution in [0.2, 0.25) is 4.34 Å². The van der Waals surface area contributed by atoms with E-state index in [2.05, 4.69) is 9.59 Å². The summed E-state index contributed by atoms with van der Waals surface area (Å²) in [6, 6.07) is 5.23. The average molecular weight is 284 g/mol. The summed E-state index contributed by atoms with van der Waals surface area (Å²) in [6.07, 6.45) is 1.94. The molecular formula is C12H11ClFN3S. The van der Waals surface area contributed by atoms with E-state index in [9.17, 15) is 4.39 Å². The highest BCUT2D eigenvalue weighted by Gasteiger charge is 2.22. The first-order valence-electron chi connectivity index (χ1n) is 5.75. The molecule has 0 saturated heterocycles. The van der Waals surface area contributed by atoms with Crippen LogP contribution in [0.15, 0.2) is 18.2 Å². The van der Waals surface area contributed by atoms with Gasteiger partial charge in [0.05, 0.1) is 12.2 Å². The number of hydrogen-bond donors (Lipinski definition) is 0. The second kappa shape index (κ2) is 4.82. The third kappa shape index (κ3) is 2.08. The second-order valence-corrected chi connectivity index (χ2v) is 5.62. The maximum absolute atomic E-state index is 13.9. The number of rotatable bonds is 2. The predicted octanol–water partition coefficient (Wildman–Crippen LogP) is 3.28. The Morgan fingerprint density at radius 2 is 2.33 bits per heavy atom. The van der Waals surface area contributed by atoms with E-state index < -0.39 is 0 Å². The summed E-state index contributed by atoms with van der Waals surface area (Å²) in [5.74, 6) is -0.175. The number of anilines is 1. The minimum atomic E-state index is -0.175. The molecule has 2 aromatic rings. The van der Waals surface area contributed by atoms with E-state index in [1.165, 1.54) is 6.07 Å². The van der Waals surface area contributed by atoms with E-state index in [0.29, 0.717) is 16.6 Å². The number of benzene rings is 1. The molecular weight excluding hydrogens is 273 g/mol. The molecule has 94 valence electrons. The zero-order valence-electron chi connectivity index (χ0n) is 9.57. The van der Waals surface area contributed by atoms with Gasteiger partial charge in [0.2, 0.25) is 0 Å². The fraction of sp³-hybridized carbons (Fsp3) is 0.333. The molecule has 18 heavy (non-hydrogen) atoms. The fourth-order valence-corrected chi connectivity index (χ4v) is 2.93. The van der Waals surface area contributed by atoms with Crippen molar-refractivity contribution in [2.75, 3.05) is 11.4 Å². The molecule has 0 atom stereocenters. The smallest absolute Gasteiger partial charge is 0.146 e. The van der Waals surface area contributed by atoms with Crippen molar-refractivity contribution in [1.29, 1.82) is 0 Å². The van der Waals surface area contributed by atoms with Gasteiger partial charge in [-0.15, -0.1) is 5.10 Å². The van der Waals surface area contributed by atoms with Gasteiger partial charge in [-0.3, -0.25) is 0 Å². The number of halogens is 2. The Labute approximate surface area is 113 Å². The van der Waals surface area contributed by atoms with E-state index in [4.69, 9.17) is 11.6 Å². The monoisotopic (exact) mass is 283 g/mol. The number of nitrogens with zero attached hydrogens (tertiary/aromatic N) is 3. The van der Waals surface area contributed by atoms with Crippen molar-refractivity contribution in [3.8, 4) is 0 Å². The Morgan fingerprint density at radius 1 is 1.44 bits per heavy atom. The Kier molecular flexibility index (Phi) is 3.18. The standard InChI is InChI=1S/C12H11ClFN3S/c13-12-10(15-16-18-12)7-17-6-2-4-8-3-1-5-9(14)11(8)17/h1,3,5H,2,4,6-7H2. The molecule has 3 nitrogen and oxygen atoms in total. The van der Waals surface area contributed by atoms with Crippen LogP contribution >= 0.6 is 23.1 Å². The Morgan fingerprint density at radius 3 is 3.11 bits per heavy atom. The number of hydrogen-bond acceptors (Lipinski definition) is 4. The minimum Gasteiger partial charge on any atom is -0.363 e. The Bertz CT molecular complexity index is 572. The highest BCUT2D eigenvalue weighted by Crippen LogP contribution is 2.32. The van der Waals surface area contributed by atoms with Crippen molar-refractivity contribution in [3.63, 3.8) is 0 Å². The molecule has 0 bridgehead atoms. The van der Waals surface area contributed by atoms with Crippen molar-refractivity contribution in [2.45, 2.75) is 19.4 Å². The van der Waals surface area contributed by atoms with Crippen molar-refractivity contribution in [3.05, 3.63) is 39.6 Å². The van der Waals surface area contributed by atoms with E-state index in [0.717, 1.165) is 42.2 Å². The molecule has 1 aliphatic rings. The summed E-state index contributed by atoms with van der Waals surface area (Å²) in [4.78, 5) is 2.00. The van der Waals surface area contributed by atoms with Crippen LogP contribution < -0.4 is 4.90 Å². The molecule has 1 aromatic carbocycles.